The first-order valence-corrected chi connectivity index (χ1v) is 7.19. The fraction of sp³-hybridized carbons (Fsp3) is 0.0625. The zero-order chi connectivity index (χ0) is 14.8. The molecule has 0 unspecified atom stereocenters. The molecular weight excluding hydrogens is 284 g/mol. The van der Waals surface area contributed by atoms with Crippen LogP contribution in [0.5, 0.6) is 0 Å². The summed E-state index contributed by atoms with van der Waals surface area (Å²) in [5, 5.41) is 10.1. The van der Waals surface area contributed by atoms with Crippen molar-refractivity contribution in [2.45, 2.75) is 6.92 Å². The van der Waals surface area contributed by atoms with E-state index in [9.17, 15) is 9.90 Å². The maximum atomic E-state index is 11.5. The smallest absolute Gasteiger partial charge is 0.356 e. The second-order valence-corrected chi connectivity index (χ2v) is 5.56. The predicted octanol–water partition coefficient (Wildman–Crippen LogP) is 3.88. The molecule has 104 valence electrons. The van der Waals surface area contributed by atoms with Gasteiger partial charge in [-0.05, 0) is 24.1 Å². The third kappa shape index (κ3) is 2.55. The van der Waals surface area contributed by atoms with Crippen LogP contribution >= 0.6 is 11.3 Å². The van der Waals surface area contributed by atoms with Crippen LogP contribution in [0.25, 0.3) is 21.0 Å². The quantitative estimate of drug-likeness (QED) is 0.796. The summed E-state index contributed by atoms with van der Waals surface area (Å²) in [7, 11) is 0. The Morgan fingerprint density at radius 3 is 2.62 bits per heavy atom. The number of hydrogen-bond acceptors (Lipinski definition) is 4. The van der Waals surface area contributed by atoms with E-state index >= 15 is 0 Å². The summed E-state index contributed by atoms with van der Waals surface area (Å²) < 4.78 is 0. The molecule has 0 spiro atoms. The van der Waals surface area contributed by atoms with Gasteiger partial charge in [-0.2, -0.15) is 0 Å². The largest absolute Gasteiger partial charge is 0.476 e. The second kappa shape index (κ2) is 5.46. The van der Waals surface area contributed by atoms with Crippen LogP contribution in [0.2, 0.25) is 0 Å². The first-order chi connectivity index (χ1) is 10.2. The minimum absolute atomic E-state index is 0.0875. The van der Waals surface area contributed by atoms with E-state index in [1.807, 2.05) is 43.3 Å². The van der Waals surface area contributed by atoms with Gasteiger partial charge in [0.1, 0.15) is 5.01 Å². The zero-order valence-corrected chi connectivity index (χ0v) is 12.1. The van der Waals surface area contributed by atoms with Gasteiger partial charge in [0.15, 0.2) is 5.69 Å². The average molecular weight is 296 g/mol. The Kier molecular flexibility index (Phi) is 3.50. The highest BCUT2D eigenvalue weighted by atomic mass is 32.1. The second-order valence-electron chi connectivity index (χ2n) is 4.56. The van der Waals surface area contributed by atoms with Gasteiger partial charge in [0.2, 0.25) is 0 Å². The number of aryl methyl sites for hydroxylation is 1. The molecule has 0 radical (unpaired) electrons. The highest BCUT2D eigenvalue weighted by Crippen LogP contribution is 2.36. The summed E-state index contributed by atoms with van der Waals surface area (Å²) in [5.74, 6) is -1.02. The van der Waals surface area contributed by atoms with Gasteiger partial charge in [0, 0.05) is 18.0 Å². The number of carbonyl (C=O) groups is 1. The van der Waals surface area contributed by atoms with Crippen molar-refractivity contribution in [1.29, 1.82) is 0 Å². The summed E-state index contributed by atoms with van der Waals surface area (Å²) in [5.41, 5.74) is 2.84. The van der Waals surface area contributed by atoms with Crippen LogP contribution in [0.1, 0.15) is 16.1 Å². The van der Waals surface area contributed by atoms with E-state index in [1.54, 1.807) is 12.4 Å². The Bertz CT molecular complexity index is 797. The van der Waals surface area contributed by atoms with Crippen molar-refractivity contribution in [3.63, 3.8) is 0 Å². The molecule has 0 amide bonds. The number of thiazole rings is 1. The van der Waals surface area contributed by atoms with Crippen molar-refractivity contribution >= 4 is 17.3 Å². The third-order valence-corrected chi connectivity index (χ3v) is 4.27. The number of aromatic carboxylic acids is 1. The Hall–Kier alpha value is -2.53. The number of carboxylic acids is 1. The summed E-state index contributed by atoms with van der Waals surface area (Å²) in [6.45, 7) is 1.96. The Morgan fingerprint density at radius 1 is 1.19 bits per heavy atom. The van der Waals surface area contributed by atoms with Crippen LogP contribution in [0.3, 0.4) is 0 Å². The predicted molar refractivity (Wildman–Crippen MR) is 82.5 cm³/mol. The SMILES string of the molecule is Cc1ccncc1-c1nc(C(=O)O)c(-c2ccccc2)s1. The van der Waals surface area contributed by atoms with Crippen LogP contribution in [-0.4, -0.2) is 21.0 Å². The van der Waals surface area contributed by atoms with E-state index < -0.39 is 5.97 Å². The molecule has 0 aliphatic rings. The molecule has 0 bridgehead atoms. The van der Waals surface area contributed by atoms with Crippen LogP contribution in [-0.2, 0) is 0 Å². The van der Waals surface area contributed by atoms with Gasteiger partial charge < -0.3 is 5.11 Å². The molecule has 21 heavy (non-hydrogen) atoms. The molecule has 3 aromatic rings. The molecule has 1 N–H and O–H groups in total. The Balaban J connectivity index is 2.18. The normalized spacial score (nSPS) is 10.5. The minimum atomic E-state index is -1.02. The van der Waals surface area contributed by atoms with Crippen LogP contribution in [0, 0.1) is 6.92 Å². The van der Waals surface area contributed by atoms with E-state index in [-0.39, 0.29) is 5.69 Å². The molecule has 0 aliphatic heterocycles. The summed E-state index contributed by atoms with van der Waals surface area (Å²) >= 11 is 1.38. The van der Waals surface area contributed by atoms with Crippen LogP contribution in [0.4, 0.5) is 0 Å². The number of pyridine rings is 1. The van der Waals surface area contributed by atoms with E-state index in [1.165, 1.54) is 11.3 Å². The van der Waals surface area contributed by atoms with Gasteiger partial charge in [-0.25, -0.2) is 9.78 Å². The van der Waals surface area contributed by atoms with Gasteiger partial charge in [0.05, 0.1) is 4.88 Å². The highest BCUT2D eigenvalue weighted by molar-refractivity contribution is 7.18. The highest BCUT2D eigenvalue weighted by Gasteiger charge is 2.20. The van der Waals surface area contributed by atoms with Crippen molar-refractivity contribution in [3.05, 3.63) is 60.0 Å². The number of aromatic nitrogens is 2. The molecule has 0 fully saturated rings. The monoisotopic (exact) mass is 296 g/mol. The van der Waals surface area contributed by atoms with E-state index in [4.69, 9.17) is 0 Å². The zero-order valence-electron chi connectivity index (χ0n) is 11.3. The Morgan fingerprint density at radius 2 is 1.95 bits per heavy atom. The standard InChI is InChI=1S/C16H12N2O2S/c1-10-7-8-17-9-12(10)15-18-13(16(19)20)14(21-15)11-5-3-2-4-6-11/h2-9H,1H3,(H,19,20). The van der Waals surface area contributed by atoms with Gasteiger partial charge in [-0.15, -0.1) is 11.3 Å². The van der Waals surface area contributed by atoms with Crippen molar-refractivity contribution in [1.82, 2.24) is 9.97 Å². The lowest BCUT2D eigenvalue weighted by atomic mass is 10.1. The lowest BCUT2D eigenvalue weighted by Gasteiger charge is -1.99. The molecular formula is C16H12N2O2S. The topological polar surface area (TPSA) is 63.1 Å². The average Bonchev–Trinajstić information content (AvgIpc) is 2.94. The molecule has 4 nitrogen and oxygen atoms in total. The van der Waals surface area contributed by atoms with Gasteiger partial charge >= 0.3 is 5.97 Å². The maximum absolute atomic E-state index is 11.5. The maximum Gasteiger partial charge on any atom is 0.356 e. The van der Waals surface area contributed by atoms with E-state index in [2.05, 4.69) is 9.97 Å². The number of benzene rings is 1. The molecule has 2 aromatic heterocycles. The van der Waals surface area contributed by atoms with Crippen LogP contribution in [0.15, 0.2) is 48.8 Å². The van der Waals surface area contributed by atoms with Gasteiger partial charge in [0.25, 0.3) is 0 Å². The van der Waals surface area contributed by atoms with Gasteiger partial charge in [-0.3, -0.25) is 4.98 Å². The molecule has 5 heteroatoms. The molecule has 0 saturated heterocycles. The lowest BCUT2D eigenvalue weighted by molar-refractivity contribution is 0.0692. The lowest BCUT2D eigenvalue weighted by Crippen LogP contribution is -1.98. The molecule has 0 saturated carbocycles. The fourth-order valence-electron chi connectivity index (χ4n) is 2.05. The first-order valence-electron chi connectivity index (χ1n) is 6.37. The van der Waals surface area contributed by atoms with Crippen molar-refractivity contribution in [2.24, 2.45) is 0 Å². The number of rotatable bonds is 3. The third-order valence-electron chi connectivity index (χ3n) is 3.14. The minimum Gasteiger partial charge on any atom is -0.476 e. The van der Waals surface area contributed by atoms with Gasteiger partial charge in [-0.1, -0.05) is 30.3 Å². The number of nitrogens with zero attached hydrogens (tertiary/aromatic N) is 2. The Labute approximate surface area is 125 Å². The summed E-state index contributed by atoms with van der Waals surface area (Å²) in [6, 6.07) is 11.3. The van der Waals surface area contributed by atoms with Crippen molar-refractivity contribution in [3.8, 4) is 21.0 Å². The fourth-order valence-corrected chi connectivity index (χ4v) is 3.19. The number of carboxylic acid groups (broad SMARTS) is 1. The molecule has 3 rings (SSSR count). The molecule has 0 atom stereocenters. The summed E-state index contributed by atoms with van der Waals surface area (Å²) in [6.07, 6.45) is 3.43. The van der Waals surface area contributed by atoms with E-state index in [0.29, 0.717) is 9.88 Å². The summed E-state index contributed by atoms with van der Waals surface area (Å²) in [4.78, 5) is 20.5. The molecule has 2 heterocycles. The van der Waals surface area contributed by atoms with Crippen LogP contribution < -0.4 is 0 Å². The van der Waals surface area contributed by atoms with Crippen molar-refractivity contribution < 1.29 is 9.90 Å². The van der Waals surface area contributed by atoms with Crippen molar-refractivity contribution in [2.75, 3.05) is 0 Å². The first kappa shape index (κ1) is 13.5. The number of hydrogen-bond donors (Lipinski definition) is 1. The molecule has 1 aromatic carbocycles. The van der Waals surface area contributed by atoms with E-state index in [0.717, 1.165) is 16.7 Å². The molecule has 0 aliphatic carbocycles.